The second kappa shape index (κ2) is 16.6. The molecular formula is C26H36O17S. The molecule has 0 aromatic heterocycles. The number of rotatable bonds is 11. The summed E-state index contributed by atoms with van der Waals surface area (Å²) >= 11 is 4.30. The van der Waals surface area contributed by atoms with Gasteiger partial charge in [0.25, 0.3) is 0 Å². The van der Waals surface area contributed by atoms with Crippen LogP contribution in [0.1, 0.15) is 48.5 Å². The first kappa shape index (κ1) is 36.7. The van der Waals surface area contributed by atoms with Crippen LogP contribution in [-0.2, 0) is 80.9 Å². The monoisotopic (exact) mass is 652 g/mol. The van der Waals surface area contributed by atoms with Gasteiger partial charge in [0.2, 0.25) is 0 Å². The van der Waals surface area contributed by atoms with Crippen LogP contribution in [0.3, 0.4) is 0 Å². The van der Waals surface area contributed by atoms with Gasteiger partial charge in [-0.1, -0.05) is 0 Å². The number of carbonyl (C=O) groups is 7. The summed E-state index contributed by atoms with van der Waals surface area (Å²) in [6.45, 7) is 6.50. The van der Waals surface area contributed by atoms with Crippen LogP contribution in [0.5, 0.6) is 0 Å². The lowest BCUT2D eigenvalue weighted by atomic mass is 9.96. The van der Waals surface area contributed by atoms with Crippen LogP contribution in [0.25, 0.3) is 0 Å². The summed E-state index contributed by atoms with van der Waals surface area (Å²) in [5.74, 6) is -5.69. The minimum absolute atomic E-state index is 0.479. The summed E-state index contributed by atoms with van der Waals surface area (Å²) in [5, 5.41) is 0. The summed E-state index contributed by atoms with van der Waals surface area (Å²) in [6, 6.07) is 0. The highest BCUT2D eigenvalue weighted by atomic mass is 32.1. The quantitative estimate of drug-likeness (QED) is 0.170. The van der Waals surface area contributed by atoms with Crippen molar-refractivity contribution >= 4 is 54.4 Å². The van der Waals surface area contributed by atoms with Crippen molar-refractivity contribution in [3.63, 3.8) is 0 Å². The molecule has 0 N–H and O–H groups in total. The Balaban J connectivity index is 2.66. The van der Waals surface area contributed by atoms with Gasteiger partial charge in [-0.15, -0.1) is 12.6 Å². The smallest absolute Gasteiger partial charge is 0.303 e. The lowest BCUT2D eigenvalue weighted by molar-refractivity contribution is -0.341. The first-order valence-electron chi connectivity index (χ1n) is 13.3. The molecule has 2 aliphatic heterocycles. The van der Waals surface area contributed by atoms with Gasteiger partial charge in [-0.05, 0) is 0 Å². The SMILES string of the molecule is CC(=O)OC[C@H]1O[C@@H](O[C@H]2[C@H](OC(C)=O)[C@@H](OC(C)=O)[C@H](S)O[C@@H]2COC(C)=O)[C@H](OC(C)=O)[C@@H](OC(C)=O)[C@H]1OC(C)=O. The van der Waals surface area contributed by atoms with E-state index < -0.39 is 116 Å². The Morgan fingerprint density at radius 2 is 0.841 bits per heavy atom. The van der Waals surface area contributed by atoms with Gasteiger partial charge in [-0.3, -0.25) is 33.6 Å². The minimum Gasteiger partial charge on any atom is -0.463 e. The largest absolute Gasteiger partial charge is 0.463 e. The van der Waals surface area contributed by atoms with Crippen molar-refractivity contribution in [2.45, 2.75) is 109 Å². The van der Waals surface area contributed by atoms with E-state index >= 15 is 0 Å². The first-order valence-corrected chi connectivity index (χ1v) is 13.8. The molecule has 0 aromatic carbocycles. The number of hydrogen-bond donors (Lipinski definition) is 1. The molecule has 0 spiro atoms. The van der Waals surface area contributed by atoms with Crippen LogP contribution < -0.4 is 0 Å². The third kappa shape index (κ3) is 10.9. The summed E-state index contributed by atoms with van der Waals surface area (Å²) in [7, 11) is 0. The Labute approximate surface area is 257 Å². The van der Waals surface area contributed by atoms with Crippen molar-refractivity contribution in [1.29, 1.82) is 0 Å². The van der Waals surface area contributed by atoms with Crippen LogP contribution in [0.4, 0.5) is 0 Å². The standard InChI is InChI=1S/C26H36O17S/c1-10(27)34-8-17-19(36-12(3)29)21(37-13(4)30)23(39-15(6)32)25(41-17)43-20-18(9-35-11(2)28)42-26(44)24(40-16(7)33)22(20)38-14(5)31/h17-26,44H,8-9H2,1-7H3/t17-,18-,19+,20-,21+,22+,23-,24-,25+,26+/m1/s1. The molecule has 2 aliphatic rings. The average Bonchev–Trinajstić information content (AvgIpc) is 2.87. The van der Waals surface area contributed by atoms with E-state index in [1.807, 2.05) is 0 Å². The van der Waals surface area contributed by atoms with Crippen molar-refractivity contribution in [3.05, 3.63) is 0 Å². The summed E-state index contributed by atoms with van der Waals surface area (Å²) < 4.78 is 55.0. The molecule has 0 aromatic rings. The molecule has 18 heteroatoms. The molecule has 0 bridgehead atoms. The Morgan fingerprint density at radius 1 is 0.477 bits per heavy atom. The van der Waals surface area contributed by atoms with Crippen molar-refractivity contribution in [2.75, 3.05) is 13.2 Å². The minimum atomic E-state index is -1.74. The van der Waals surface area contributed by atoms with Gasteiger partial charge in [0, 0.05) is 48.5 Å². The van der Waals surface area contributed by atoms with Crippen molar-refractivity contribution < 1.29 is 80.9 Å². The van der Waals surface area contributed by atoms with Gasteiger partial charge in [0.05, 0.1) is 0 Å². The second-order valence-corrected chi connectivity index (χ2v) is 10.2. The lowest BCUT2D eigenvalue weighted by Gasteiger charge is -2.48. The van der Waals surface area contributed by atoms with E-state index in [-0.39, 0.29) is 0 Å². The van der Waals surface area contributed by atoms with E-state index in [4.69, 9.17) is 47.4 Å². The van der Waals surface area contributed by atoms with Crippen LogP contribution in [0.2, 0.25) is 0 Å². The van der Waals surface area contributed by atoms with Crippen molar-refractivity contribution in [3.8, 4) is 0 Å². The molecule has 248 valence electrons. The highest BCUT2D eigenvalue weighted by Gasteiger charge is 2.57. The molecule has 2 rings (SSSR count). The van der Waals surface area contributed by atoms with E-state index in [9.17, 15) is 33.6 Å². The fourth-order valence-electron chi connectivity index (χ4n) is 4.49. The van der Waals surface area contributed by atoms with Gasteiger partial charge in [-0.2, -0.15) is 0 Å². The molecule has 44 heavy (non-hydrogen) atoms. The molecular weight excluding hydrogens is 616 g/mol. The maximum atomic E-state index is 12.2. The summed E-state index contributed by atoms with van der Waals surface area (Å²) in [5.41, 5.74) is -1.21. The highest BCUT2D eigenvalue weighted by Crippen LogP contribution is 2.35. The number of ether oxygens (including phenoxy) is 10. The molecule has 10 atom stereocenters. The van der Waals surface area contributed by atoms with Gasteiger partial charge >= 0.3 is 41.8 Å². The maximum Gasteiger partial charge on any atom is 0.303 e. The van der Waals surface area contributed by atoms with E-state index in [2.05, 4.69) is 12.6 Å². The second-order valence-electron chi connectivity index (χ2n) is 9.68. The average molecular weight is 653 g/mol. The fourth-order valence-corrected chi connectivity index (χ4v) is 4.88. The third-order valence-electron chi connectivity index (χ3n) is 5.90. The van der Waals surface area contributed by atoms with Crippen LogP contribution >= 0.6 is 12.6 Å². The van der Waals surface area contributed by atoms with E-state index in [0.29, 0.717) is 0 Å². The molecule has 17 nitrogen and oxygen atoms in total. The zero-order chi connectivity index (χ0) is 33.3. The zero-order valence-corrected chi connectivity index (χ0v) is 26.0. The number of hydrogen-bond acceptors (Lipinski definition) is 18. The van der Waals surface area contributed by atoms with Crippen LogP contribution in [-0.4, -0.2) is 116 Å². The topological polar surface area (TPSA) is 212 Å². The normalized spacial score (nSPS) is 31.5. The zero-order valence-electron chi connectivity index (χ0n) is 25.1. The van der Waals surface area contributed by atoms with E-state index in [1.54, 1.807) is 0 Å². The van der Waals surface area contributed by atoms with Crippen molar-refractivity contribution in [1.82, 2.24) is 0 Å². The predicted molar refractivity (Wildman–Crippen MR) is 142 cm³/mol. The Bertz CT molecular complexity index is 1090. The molecule has 0 amide bonds. The first-order chi connectivity index (χ1) is 20.5. The predicted octanol–water partition coefficient (Wildman–Crippen LogP) is -0.464. The molecule has 0 unspecified atom stereocenters. The summed E-state index contributed by atoms with van der Waals surface area (Å²) in [6.07, 6.45) is -13.4. The Hall–Kier alpha value is -3.48. The van der Waals surface area contributed by atoms with Gasteiger partial charge in [0.1, 0.15) is 37.0 Å². The lowest BCUT2D eigenvalue weighted by Crippen LogP contribution is -2.66. The third-order valence-corrected chi connectivity index (χ3v) is 6.32. The maximum absolute atomic E-state index is 12.2. The van der Waals surface area contributed by atoms with E-state index in [0.717, 1.165) is 48.5 Å². The number of thiol groups is 1. The molecule has 0 aliphatic carbocycles. The van der Waals surface area contributed by atoms with Crippen molar-refractivity contribution in [2.24, 2.45) is 0 Å². The highest BCUT2D eigenvalue weighted by molar-refractivity contribution is 7.80. The number of carbonyl (C=O) groups excluding carboxylic acids is 7. The van der Waals surface area contributed by atoms with E-state index in [1.165, 1.54) is 0 Å². The van der Waals surface area contributed by atoms with Crippen LogP contribution in [0, 0.1) is 0 Å². The van der Waals surface area contributed by atoms with Gasteiger partial charge < -0.3 is 47.4 Å². The molecule has 0 radical (unpaired) electrons. The van der Waals surface area contributed by atoms with Crippen LogP contribution in [0.15, 0.2) is 0 Å². The number of esters is 7. The molecule has 2 heterocycles. The summed E-state index contributed by atoms with van der Waals surface area (Å²) in [4.78, 5) is 83.7. The Morgan fingerprint density at radius 3 is 1.27 bits per heavy atom. The molecule has 2 saturated heterocycles. The fraction of sp³-hybridized carbons (Fsp3) is 0.731. The van der Waals surface area contributed by atoms with Gasteiger partial charge in [-0.25, -0.2) is 0 Å². The van der Waals surface area contributed by atoms with Gasteiger partial charge in [0.15, 0.2) is 36.8 Å². The Kier molecular flexibility index (Phi) is 13.8. The molecule has 2 fully saturated rings. The molecule has 0 saturated carbocycles.